The molecule has 9 heteroatoms. The van der Waals surface area contributed by atoms with E-state index in [2.05, 4.69) is 10.3 Å². The summed E-state index contributed by atoms with van der Waals surface area (Å²) in [7, 11) is 0. The number of anilines is 2. The molecule has 0 aliphatic carbocycles. The van der Waals surface area contributed by atoms with Crippen LogP contribution in [-0.2, 0) is 6.18 Å². The minimum Gasteiger partial charge on any atom is -0.478 e. The number of carboxylic acids is 2. The van der Waals surface area contributed by atoms with Gasteiger partial charge in [0.05, 0.1) is 22.3 Å². The largest absolute Gasteiger partial charge is 0.478 e. The van der Waals surface area contributed by atoms with E-state index in [0.717, 1.165) is 18.3 Å². The fourth-order valence-corrected chi connectivity index (χ4v) is 2.59. The van der Waals surface area contributed by atoms with Crippen LogP contribution in [0.4, 0.5) is 24.5 Å². The Bertz CT molecular complexity index is 1050. The van der Waals surface area contributed by atoms with Crippen LogP contribution in [0, 0.1) is 0 Å². The standard InChI is InChI=1S/C18H11F3N2O4/c19-18(20,21)13-3-1-2-11-14(12(17(26)27)8-22-15(11)13)23-10-6-4-9(5-7-10)16(24)25/h1-8H,(H,22,23)(H,24,25)(H,26,27). The SMILES string of the molecule is O=C(O)c1ccc(Nc2c(C(=O)O)cnc3c(C(F)(F)F)cccc23)cc1. The van der Waals surface area contributed by atoms with Gasteiger partial charge in [-0.25, -0.2) is 9.59 Å². The first-order chi connectivity index (χ1) is 12.7. The van der Waals surface area contributed by atoms with Gasteiger partial charge in [-0.2, -0.15) is 13.2 Å². The summed E-state index contributed by atoms with van der Waals surface area (Å²) in [6.07, 6.45) is -3.80. The number of hydrogen-bond donors (Lipinski definition) is 3. The summed E-state index contributed by atoms with van der Waals surface area (Å²) in [5.74, 6) is -2.51. The molecule has 0 saturated heterocycles. The Kier molecular flexibility index (Phi) is 4.44. The predicted molar refractivity (Wildman–Crippen MR) is 90.4 cm³/mol. The second-order valence-electron chi connectivity index (χ2n) is 5.56. The number of nitrogens with one attached hydrogen (secondary N) is 1. The third-order valence-electron chi connectivity index (χ3n) is 3.83. The molecule has 1 aromatic heterocycles. The molecule has 3 aromatic rings. The number of fused-ring (bicyclic) bond motifs is 1. The minimum absolute atomic E-state index is 0.0120. The van der Waals surface area contributed by atoms with Gasteiger partial charge >= 0.3 is 18.1 Å². The Labute approximate surface area is 149 Å². The average Bonchev–Trinajstić information content (AvgIpc) is 2.60. The monoisotopic (exact) mass is 376 g/mol. The lowest BCUT2D eigenvalue weighted by molar-refractivity contribution is -0.136. The average molecular weight is 376 g/mol. The third kappa shape index (κ3) is 3.52. The van der Waals surface area contributed by atoms with Gasteiger partial charge in [-0.05, 0) is 30.3 Å². The molecule has 2 aromatic carbocycles. The zero-order valence-electron chi connectivity index (χ0n) is 13.4. The Morgan fingerprint density at radius 3 is 2.19 bits per heavy atom. The maximum atomic E-state index is 13.2. The molecule has 0 bridgehead atoms. The molecule has 0 spiro atoms. The zero-order valence-corrected chi connectivity index (χ0v) is 13.4. The number of rotatable bonds is 4. The molecule has 0 aliphatic heterocycles. The molecule has 3 rings (SSSR count). The van der Waals surface area contributed by atoms with E-state index < -0.39 is 23.7 Å². The van der Waals surface area contributed by atoms with Crippen LogP contribution >= 0.6 is 0 Å². The van der Waals surface area contributed by atoms with E-state index in [1.54, 1.807) is 0 Å². The Morgan fingerprint density at radius 1 is 0.963 bits per heavy atom. The lowest BCUT2D eigenvalue weighted by Gasteiger charge is -2.15. The maximum Gasteiger partial charge on any atom is 0.418 e. The molecule has 0 fully saturated rings. The predicted octanol–water partition coefficient (Wildman–Crippen LogP) is 4.39. The summed E-state index contributed by atoms with van der Waals surface area (Å²) in [5, 5.41) is 21.0. The minimum atomic E-state index is -4.66. The number of nitrogens with zero attached hydrogens (tertiary/aromatic N) is 1. The van der Waals surface area contributed by atoms with Crippen molar-refractivity contribution in [3.05, 3.63) is 65.4 Å². The number of aromatic carboxylic acids is 2. The summed E-state index contributed by atoms with van der Waals surface area (Å²) >= 11 is 0. The molecule has 1 heterocycles. The van der Waals surface area contributed by atoms with Gasteiger partial charge in [0, 0.05) is 17.3 Å². The van der Waals surface area contributed by atoms with Crippen LogP contribution in [0.15, 0.2) is 48.7 Å². The lowest BCUT2D eigenvalue weighted by atomic mass is 10.0. The van der Waals surface area contributed by atoms with Gasteiger partial charge in [-0.1, -0.05) is 12.1 Å². The summed E-state index contributed by atoms with van der Waals surface area (Å²) in [6, 6.07) is 8.70. The molecule has 0 atom stereocenters. The number of pyridine rings is 1. The highest BCUT2D eigenvalue weighted by Crippen LogP contribution is 2.37. The normalized spacial score (nSPS) is 11.4. The summed E-state index contributed by atoms with van der Waals surface area (Å²) in [4.78, 5) is 26.1. The molecule has 6 nitrogen and oxygen atoms in total. The van der Waals surface area contributed by atoms with Gasteiger partial charge in [0.2, 0.25) is 0 Å². The van der Waals surface area contributed by atoms with E-state index in [4.69, 9.17) is 5.11 Å². The quantitative estimate of drug-likeness (QED) is 0.624. The smallest absolute Gasteiger partial charge is 0.418 e. The first-order valence-electron chi connectivity index (χ1n) is 7.51. The van der Waals surface area contributed by atoms with Crippen LogP contribution in [-0.4, -0.2) is 27.1 Å². The molecular weight excluding hydrogens is 365 g/mol. The molecule has 0 saturated carbocycles. The van der Waals surface area contributed by atoms with Crippen LogP contribution in [0.25, 0.3) is 10.9 Å². The maximum absolute atomic E-state index is 13.2. The number of para-hydroxylation sites is 1. The number of hydrogen-bond acceptors (Lipinski definition) is 4. The molecule has 0 unspecified atom stereocenters. The zero-order chi connectivity index (χ0) is 19.8. The van der Waals surface area contributed by atoms with Crippen LogP contribution in [0.3, 0.4) is 0 Å². The van der Waals surface area contributed by atoms with Crippen molar-refractivity contribution in [2.75, 3.05) is 5.32 Å². The number of aromatic nitrogens is 1. The summed E-state index contributed by atoms with van der Waals surface area (Å²) in [5.41, 5.74) is -1.43. The molecule has 3 N–H and O–H groups in total. The molecule has 27 heavy (non-hydrogen) atoms. The van der Waals surface area contributed by atoms with Crippen molar-refractivity contribution in [1.29, 1.82) is 0 Å². The highest BCUT2D eigenvalue weighted by atomic mass is 19.4. The Hall–Kier alpha value is -3.62. The van der Waals surface area contributed by atoms with Gasteiger partial charge in [-0.3, -0.25) is 4.98 Å². The highest BCUT2D eigenvalue weighted by molar-refractivity contribution is 6.06. The second-order valence-corrected chi connectivity index (χ2v) is 5.56. The van der Waals surface area contributed by atoms with E-state index in [9.17, 15) is 27.9 Å². The lowest BCUT2D eigenvalue weighted by Crippen LogP contribution is -2.09. The van der Waals surface area contributed by atoms with Crippen molar-refractivity contribution in [2.45, 2.75) is 6.18 Å². The van der Waals surface area contributed by atoms with Gasteiger partial charge in [0.15, 0.2) is 0 Å². The van der Waals surface area contributed by atoms with Crippen molar-refractivity contribution in [3.63, 3.8) is 0 Å². The Morgan fingerprint density at radius 2 is 1.63 bits per heavy atom. The van der Waals surface area contributed by atoms with Crippen molar-refractivity contribution < 1.29 is 33.0 Å². The van der Waals surface area contributed by atoms with Crippen LogP contribution in [0.2, 0.25) is 0 Å². The van der Waals surface area contributed by atoms with Crippen LogP contribution < -0.4 is 5.32 Å². The molecular formula is C18H11F3N2O4. The number of benzene rings is 2. The van der Waals surface area contributed by atoms with Gasteiger partial charge < -0.3 is 15.5 Å². The fraction of sp³-hybridized carbons (Fsp3) is 0.0556. The molecule has 138 valence electrons. The number of carbonyl (C=O) groups is 2. The van der Waals surface area contributed by atoms with Gasteiger partial charge in [0.25, 0.3) is 0 Å². The van der Waals surface area contributed by atoms with E-state index in [1.807, 2.05) is 0 Å². The summed E-state index contributed by atoms with van der Waals surface area (Å²) in [6.45, 7) is 0. The fourth-order valence-electron chi connectivity index (χ4n) is 2.59. The first kappa shape index (κ1) is 18.2. The van der Waals surface area contributed by atoms with Crippen molar-refractivity contribution in [2.24, 2.45) is 0 Å². The number of carboxylic acid groups (broad SMARTS) is 2. The van der Waals surface area contributed by atoms with E-state index in [-0.39, 0.29) is 27.7 Å². The molecule has 0 aliphatic rings. The highest BCUT2D eigenvalue weighted by Gasteiger charge is 2.34. The number of alkyl halides is 3. The van der Waals surface area contributed by atoms with Crippen molar-refractivity contribution in [1.82, 2.24) is 4.98 Å². The molecule has 0 radical (unpaired) electrons. The van der Waals surface area contributed by atoms with Gasteiger partial charge in [0.1, 0.15) is 5.56 Å². The first-order valence-corrected chi connectivity index (χ1v) is 7.51. The van der Waals surface area contributed by atoms with Crippen molar-refractivity contribution in [3.8, 4) is 0 Å². The Balaban J connectivity index is 2.18. The van der Waals surface area contributed by atoms with Crippen LogP contribution in [0.1, 0.15) is 26.3 Å². The van der Waals surface area contributed by atoms with E-state index in [1.165, 1.54) is 30.3 Å². The van der Waals surface area contributed by atoms with E-state index >= 15 is 0 Å². The summed E-state index contributed by atoms with van der Waals surface area (Å²) < 4.78 is 39.7. The topological polar surface area (TPSA) is 99.5 Å². The van der Waals surface area contributed by atoms with Crippen LogP contribution in [0.5, 0.6) is 0 Å². The molecule has 0 amide bonds. The van der Waals surface area contributed by atoms with Gasteiger partial charge in [-0.15, -0.1) is 0 Å². The van der Waals surface area contributed by atoms with E-state index in [0.29, 0.717) is 5.69 Å². The third-order valence-corrected chi connectivity index (χ3v) is 3.83. The second kappa shape index (κ2) is 6.60. The van der Waals surface area contributed by atoms with Crippen molar-refractivity contribution >= 4 is 34.2 Å². The number of halogens is 3.